The minimum Gasteiger partial charge on any atom is -0.443 e. The van der Waals surface area contributed by atoms with Crippen LogP contribution in [-0.4, -0.2) is 38.5 Å². The number of nitrogens with zero attached hydrogens (tertiary/aromatic N) is 3. The summed E-state index contributed by atoms with van der Waals surface area (Å²) in [7, 11) is 0. The molecule has 0 atom stereocenters. The Hall–Kier alpha value is -3.17. The van der Waals surface area contributed by atoms with Crippen LogP contribution in [0.3, 0.4) is 0 Å². The number of anilines is 1. The van der Waals surface area contributed by atoms with Crippen LogP contribution in [0.1, 0.15) is 40.1 Å². The molecule has 0 bridgehead atoms. The number of nitrogens with one attached hydrogen (secondary N) is 1. The lowest BCUT2D eigenvalue weighted by Crippen LogP contribution is -2.33. The van der Waals surface area contributed by atoms with Crippen LogP contribution in [0.25, 0.3) is 11.1 Å². The molecule has 7 nitrogen and oxygen atoms in total. The Bertz CT molecular complexity index is 1330. The Balaban J connectivity index is 1.37. The smallest absolute Gasteiger partial charge is 0.256 e. The number of furan rings is 1. The summed E-state index contributed by atoms with van der Waals surface area (Å²) in [6.45, 7) is 4.40. The Morgan fingerprint density at radius 3 is 2.68 bits per heavy atom. The van der Waals surface area contributed by atoms with Crippen molar-refractivity contribution in [2.75, 3.05) is 11.1 Å². The number of hydrogen-bond donors (Lipinski definition) is 1. The van der Waals surface area contributed by atoms with Crippen LogP contribution in [0, 0.1) is 13.8 Å². The van der Waals surface area contributed by atoms with Crippen molar-refractivity contribution in [2.45, 2.75) is 44.4 Å². The molecular weight excluding hydrogens is 468 g/mol. The minimum atomic E-state index is -0.262. The summed E-state index contributed by atoms with van der Waals surface area (Å²) in [5.74, 6) is 1.12. The van der Waals surface area contributed by atoms with Gasteiger partial charge in [0.15, 0.2) is 5.16 Å². The van der Waals surface area contributed by atoms with Gasteiger partial charge in [-0.3, -0.25) is 9.59 Å². The number of hydrogen-bond acceptors (Lipinski definition) is 7. The summed E-state index contributed by atoms with van der Waals surface area (Å²) < 4.78 is 5.83. The predicted molar refractivity (Wildman–Crippen MR) is 134 cm³/mol. The Morgan fingerprint density at radius 1 is 1.18 bits per heavy atom. The van der Waals surface area contributed by atoms with E-state index in [9.17, 15) is 9.59 Å². The highest BCUT2D eigenvalue weighted by atomic mass is 32.2. The second-order valence-corrected chi connectivity index (χ2v) is 10.0. The van der Waals surface area contributed by atoms with E-state index in [1.165, 1.54) is 11.8 Å². The van der Waals surface area contributed by atoms with Gasteiger partial charge in [0.2, 0.25) is 11.6 Å². The molecule has 0 aliphatic heterocycles. The fourth-order valence-electron chi connectivity index (χ4n) is 3.75. The van der Waals surface area contributed by atoms with Crippen LogP contribution in [0.4, 0.5) is 5.82 Å². The molecule has 5 rings (SSSR count). The first-order valence-corrected chi connectivity index (χ1v) is 13.0. The zero-order chi connectivity index (χ0) is 23.7. The van der Waals surface area contributed by atoms with Gasteiger partial charge >= 0.3 is 0 Å². The lowest BCUT2D eigenvalue weighted by molar-refractivity contribution is -0.129. The molecule has 0 spiro atoms. The van der Waals surface area contributed by atoms with Crippen LogP contribution in [0.2, 0.25) is 0 Å². The highest BCUT2D eigenvalue weighted by Gasteiger charge is 2.32. The van der Waals surface area contributed by atoms with Gasteiger partial charge in [0.25, 0.3) is 5.91 Å². The van der Waals surface area contributed by atoms with Gasteiger partial charge in [-0.15, -0.1) is 0 Å². The van der Waals surface area contributed by atoms with E-state index in [2.05, 4.69) is 26.7 Å². The number of thioether (sulfide) groups is 1. The van der Waals surface area contributed by atoms with Crippen molar-refractivity contribution in [1.29, 1.82) is 0 Å². The van der Waals surface area contributed by atoms with Crippen molar-refractivity contribution in [1.82, 2.24) is 14.9 Å². The van der Waals surface area contributed by atoms with Gasteiger partial charge in [0.1, 0.15) is 11.6 Å². The summed E-state index contributed by atoms with van der Waals surface area (Å²) in [6.07, 6.45) is 2.09. The van der Waals surface area contributed by atoms with Crippen molar-refractivity contribution in [3.8, 4) is 0 Å². The topological polar surface area (TPSA) is 88.3 Å². The second kappa shape index (κ2) is 9.60. The monoisotopic (exact) mass is 492 g/mol. The highest BCUT2D eigenvalue weighted by Crippen LogP contribution is 2.33. The Labute approximate surface area is 205 Å². The second-order valence-electron chi connectivity index (χ2n) is 8.31. The summed E-state index contributed by atoms with van der Waals surface area (Å²) in [6, 6.07) is 11.3. The van der Waals surface area contributed by atoms with Gasteiger partial charge in [-0.25, -0.2) is 4.98 Å². The van der Waals surface area contributed by atoms with Crippen LogP contribution in [-0.2, 0) is 11.3 Å². The first-order valence-electron chi connectivity index (χ1n) is 11.1. The van der Waals surface area contributed by atoms with Crippen LogP contribution >= 0.6 is 23.1 Å². The molecule has 9 heteroatoms. The molecule has 1 N–H and O–H groups in total. The molecule has 1 aromatic carbocycles. The number of carbonyl (C=O) groups is 2. The van der Waals surface area contributed by atoms with E-state index >= 15 is 0 Å². The molecule has 3 heterocycles. The molecule has 3 aromatic heterocycles. The van der Waals surface area contributed by atoms with Gasteiger partial charge in [-0.05, 0) is 61.2 Å². The average Bonchev–Trinajstić information content (AvgIpc) is 3.47. The number of amides is 2. The molecule has 34 heavy (non-hydrogen) atoms. The zero-order valence-electron chi connectivity index (χ0n) is 18.9. The third kappa shape index (κ3) is 4.85. The van der Waals surface area contributed by atoms with Gasteiger partial charge < -0.3 is 14.6 Å². The number of fused-ring (bicyclic) bond motifs is 1. The van der Waals surface area contributed by atoms with Crippen molar-refractivity contribution in [3.05, 3.63) is 69.6 Å². The van der Waals surface area contributed by atoms with E-state index in [-0.39, 0.29) is 17.6 Å². The number of rotatable bonds is 8. The van der Waals surface area contributed by atoms with Crippen molar-refractivity contribution in [3.63, 3.8) is 0 Å². The SMILES string of the molecule is Cc1oc2nc(SCC(=O)N(Cc3ccsc3)C3CC3)nc(NC(=O)c3ccccc3)c2c1C. The van der Waals surface area contributed by atoms with Gasteiger partial charge in [0, 0.05) is 23.7 Å². The molecule has 0 radical (unpaired) electrons. The largest absolute Gasteiger partial charge is 0.443 e. The zero-order valence-corrected chi connectivity index (χ0v) is 20.5. The van der Waals surface area contributed by atoms with Gasteiger partial charge in [-0.1, -0.05) is 30.0 Å². The summed E-state index contributed by atoms with van der Waals surface area (Å²) >= 11 is 2.90. The Kier molecular flexibility index (Phi) is 6.38. The van der Waals surface area contributed by atoms with Crippen molar-refractivity contribution in [2.24, 2.45) is 0 Å². The molecule has 0 unspecified atom stereocenters. The Morgan fingerprint density at radius 2 is 1.97 bits per heavy atom. The van der Waals surface area contributed by atoms with Crippen LogP contribution < -0.4 is 5.32 Å². The number of aromatic nitrogens is 2. The molecule has 1 fully saturated rings. The van der Waals surface area contributed by atoms with Crippen LogP contribution in [0.5, 0.6) is 0 Å². The molecule has 1 aliphatic rings. The summed E-state index contributed by atoms with van der Waals surface area (Å²) in [4.78, 5) is 36.9. The molecule has 2 amide bonds. The molecule has 174 valence electrons. The van der Waals surface area contributed by atoms with Gasteiger partial charge in [-0.2, -0.15) is 16.3 Å². The maximum atomic E-state index is 13.1. The average molecular weight is 493 g/mol. The molecular formula is C25H24N4O3S2. The van der Waals surface area contributed by atoms with E-state index in [1.54, 1.807) is 23.5 Å². The third-order valence-corrected chi connectivity index (χ3v) is 7.41. The van der Waals surface area contributed by atoms with E-state index in [0.717, 1.165) is 24.0 Å². The van der Waals surface area contributed by atoms with E-state index in [4.69, 9.17) is 4.42 Å². The summed E-state index contributed by atoms with van der Waals surface area (Å²) in [5, 5.41) is 8.08. The number of aryl methyl sites for hydroxylation is 2. The fraction of sp³-hybridized carbons (Fsp3) is 0.280. The van der Waals surface area contributed by atoms with E-state index in [1.807, 2.05) is 42.3 Å². The summed E-state index contributed by atoms with van der Waals surface area (Å²) in [5.41, 5.74) is 2.97. The van der Waals surface area contributed by atoms with Crippen molar-refractivity contribution < 1.29 is 14.0 Å². The number of benzene rings is 1. The molecule has 1 saturated carbocycles. The van der Waals surface area contributed by atoms with E-state index < -0.39 is 0 Å². The normalized spacial score (nSPS) is 13.2. The first-order chi connectivity index (χ1) is 16.5. The van der Waals surface area contributed by atoms with Gasteiger partial charge in [0.05, 0.1) is 11.1 Å². The number of thiophene rings is 1. The quantitative estimate of drug-likeness (QED) is 0.260. The lowest BCUT2D eigenvalue weighted by Gasteiger charge is -2.21. The third-order valence-electron chi connectivity index (χ3n) is 5.84. The first kappa shape index (κ1) is 22.6. The van der Waals surface area contributed by atoms with E-state index in [0.29, 0.717) is 46.0 Å². The fourth-order valence-corrected chi connectivity index (χ4v) is 5.13. The predicted octanol–water partition coefficient (Wildman–Crippen LogP) is 5.44. The van der Waals surface area contributed by atoms with Crippen LogP contribution in [0.15, 0.2) is 56.7 Å². The molecule has 0 saturated heterocycles. The standard InChI is InChI=1S/C25H24N4O3S2/c1-15-16(2)32-24-21(15)22(26-23(31)18-6-4-3-5-7-18)27-25(28-24)34-14-20(30)29(19-8-9-19)12-17-10-11-33-13-17/h3-7,10-11,13,19H,8-9,12,14H2,1-2H3,(H,26,27,28,31). The lowest BCUT2D eigenvalue weighted by atomic mass is 10.2. The molecule has 4 aromatic rings. The number of carbonyl (C=O) groups excluding carboxylic acids is 2. The maximum absolute atomic E-state index is 13.1. The maximum Gasteiger partial charge on any atom is 0.256 e. The minimum absolute atomic E-state index is 0.0593. The van der Waals surface area contributed by atoms with Crippen molar-refractivity contribution >= 4 is 51.8 Å². The highest BCUT2D eigenvalue weighted by molar-refractivity contribution is 7.99. The molecule has 1 aliphatic carbocycles.